The molecule has 1 N–H and O–H groups in total. The zero-order chi connectivity index (χ0) is 33.6. The third kappa shape index (κ3) is 36.9. The van der Waals surface area contributed by atoms with Gasteiger partial charge in [-0.05, 0) is 64.2 Å². The van der Waals surface area contributed by atoms with Gasteiger partial charge in [0.2, 0.25) is 0 Å². The largest absolute Gasteiger partial charge is 0.481 e. The summed E-state index contributed by atoms with van der Waals surface area (Å²) in [5.41, 5.74) is 0. The lowest BCUT2D eigenvalue weighted by atomic mass is 10.0. The fourth-order valence-corrected chi connectivity index (χ4v) is 6.15. The fourth-order valence-electron chi connectivity index (χ4n) is 6.15. The summed E-state index contributed by atoms with van der Waals surface area (Å²) in [7, 11) is 0. The average molecular weight is 647 g/mol. The molecule has 0 fully saturated rings. The molecule has 4 nitrogen and oxygen atoms in total. The van der Waals surface area contributed by atoms with Crippen molar-refractivity contribution < 1.29 is 19.4 Å². The zero-order valence-electron chi connectivity index (χ0n) is 30.9. The number of hydrogen-bond donors (Lipinski definition) is 1. The van der Waals surface area contributed by atoms with E-state index in [4.69, 9.17) is 9.84 Å². The summed E-state index contributed by atoms with van der Waals surface area (Å²) in [6, 6.07) is 0. The Bertz CT molecular complexity index is 698. The maximum Gasteiger partial charge on any atom is 0.306 e. The van der Waals surface area contributed by atoms with E-state index in [-0.39, 0.29) is 12.1 Å². The Morgan fingerprint density at radius 2 is 0.891 bits per heavy atom. The number of unbranched alkanes of at least 4 members (excludes halogenated alkanes) is 25. The molecule has 1 unspecified atom stereocenters. The van der Waals surface area contributed by atoms with Crippen LogP contribution in [0, 0.1) is 0 Å². The number of aliphatic carboxylic acids is 1. The molecule has 0 bridgehead atoms. The molecule has 0 saturated carbocycles. The highest BCUT2D eigenvalue weighted by Crippen LogP contribution is 2.17. The third-order valence-corrected chi connectivity index (χ3v) is 9.25. The summed E-state index contributed by atoms with van der Waals surface area (Å²) >= 11 is 0. The van der Waals surface area contributed by atoms with Gasteiger partial charge in [0, 0.05) is 12.8 Å². The van der Waals surface area contributed by atoms with Crippen LogP contribution in [0.25, 0.3) is 0 Å². The van der Waals surface area contributed by atoms with Gasteiger partial charge < -0.3 is 9.84 Å². The van der Waals surface area contributed by atoms with E-state index in [1.54, 1.807) is 0 Å². The molecule has 270 valence electrons. The van der Waals surface area contributed by atoms with Crippen molar-refractivity contribution in [1.82, 2.24) is 0 Å². The Kier molecular flexibility index (Phi) is 36.6. The van der Waals surface area contributed by atoms with Gasteiger partial charge in [0.25, 0.3) is 0 Å². The van der Waals surface area contributed by atoms with Crippen LogP contribution in [0.5, 0.6) is 0 Å². The first-order chi connectivity index (χ1) is 22.6. The van der Waals surface area contributed by atoms with Gasteiger partial charge in [-0.1, -0.05) is 173 Å². The molecule has 0 rings (SSSR count). The maximum atomic E-state index is 12.3. The smallest absolute Gasteiger partial charge is 0.306 e. The first kappa shape index (κ1) is 44.4. The second-order valence-electron chi connectivity index (χ2n) is 13.8. The summed E-state index contributed by atoms with van der Waals surface area (Å²) in [5.74, 6) is -0.648. The molecule has 0 aromatic rings. The monoisotopic (exact) mass is 647 g/mol. The molecule has 0 aliphatic heterocycles. The molecule has 4 heteroatoms. The van der Waals surface area contributed by atoms with Crippen LogP contribution >= 0.6 is 0 Å². The topological polar surface area (TPSA) is 63.6 Å². The summed E-state index contributed by atoms with van der Waals surface area (Å²) in [5, 5.41) is 8.65. The van der Waals surface area contributed by atoms with Gasteiger partial charge in [0.1, 0.15) is 6.10 Å². The molecule has 0 aromatic carbocycles. The Labute approximate surface area is 287 Å². The Hall–Kier alpha value is -1.58. The minimum absolute atomic E-state index is 0.0132. The number of hydrogen-bond acceptors (Lipinski definition) is 3. The van der Waals surface area contributed by atoms with Gasteiger partial charge in [0.05, 0.1) is 0 Å². The molecule has 0 aliphatic carbocycles. The Morgan fingerprint density at radius 3 is 1.33 bits per heavy atom. The van der Waals surface area contributed by atoms with Crippen molar-refractivity contribution in [3.05, 3.63) is 24.3 Å². The number of carbonyl (C=O) groups is 2. The van der Waals surface area contributed by atoms with Crippen molar-refractivity contribution in [2.45, 2.75) is 232 Å². The van der Waals surface area contributed by atoms with E-state index >= 15 is 0 Å². The second-order valence-corrected chi connectivity index (χ2v) is 13.8. The molecular weight excluding hydrogens is 568 g/mol. The summed E-state index contributed by atoms with van der Waals surface area (Å²) in [6.45, 7) is 4.40. The van der Waals surface area contributed by atoms with Gasteiger partial charge in [-0.15, -0.1) is 0 Å². The van der Waals surface area contributed by atoms with E-state index < -0.39 is 5.97 Å². The van der Waals surface area contributed by atoms with Crippen LogP contribution < -0.4 is 0 Å². The van der Waals surface area contributed by atoms with Crippen LogP contribution in [0.3, 0.4) is 0 Å². The molecule has 0 amide bonds. The lowest BCUT2D eigenvalue weighted by molar-refractivity contribution is -0.149. The van der Waals surface area contributed by atoms with Crippen molar-refractivity contribution in [1.29, 1.82) is 0 Å². The quantitative estimate of drug-likeness (QED) is 0.0414. The summed E-state index contributed by atoms with van der Waals surface area (Å²) < 4.78 is 5.79. The highest BCUT2D eigenvalue weighted by molar-refractivity contribution is 5.69. The fraction of sp³-hybridized carbons (Fsp3) is 0.857. The van der Waals surface area contributed by atoms with Gasteiger partial charge in [0.15, 0.2) is 0 Å². The molecule has 0 aliphatic rings. The average Bonchev–Trinajstić information content (AvgIpc) is 3.04. The van der Waals surface area contributed by atoms with Gasteiger partial charge in [-0.25, -0.2) is 0 Å². The third-order valence-electron chi connectivity index (χ3n) is 9.25. The van der Waals surface area contributed by atoms with Crippen LogP contribution in [0.2, 0.25) is 0 Å². The Balaban J connectivity index is 3.42. The van der Waals surface area contributed by atoms with Gasteiger partial charge in [-0.2, -0.15) is 0 Å². The van der Waals surface area contributed by atoms with Crippen LogP contribution in [0.1, 0.15) is 226 Å². The van der Waals surface area contributed by atoms with Crippen LogP contribution in [-0.2, 0) is 14.3 Å². The van der Waals surface area contributed by atoms with E-state index in [2.05, 4.69) is 38.2 Å². The minimum atomic E-state index is -0.661. The molecular formula is C42H78O4. The van der Waals surface area contributed by atoms with E-state index in [1.807, 2.05) is 0 Å². The number of rotatable bonds is 37. The van der Waals surface area contributed by atoms with E-state index in [9.17, 15) is 9.59 Å². The van der Waals surface area contributed by atoms with E-state index in [1.165, 1.54) is 154 Å². The van der Waals surface area contributed by atoms with E-state index in [0.717, 1.165) is 44.9 Å². The minimum Gasteiger partial charge on any atom is -0.481 e. The first-order valence-electron chi connectivity index (χ1n) is 20.3. The van der Waals surface area contributed by atoms with Crippen molar-refractivity contribution in [2.24, 2.45) is 0 Å². The lowest BCUT2D eigenvalue weighted by Gasteiger charge is -2.16. The highest BCUT2D eigenvalue weighted by atomic mass is 16.5. The number of carboxylic acid groups (broad SMARTS) is 1. The van der Waals surface area contributed by atoms with Crippen LogP contribution in [0.4, 0.5) is 0 Å². The Morgan fingerprint density at radius 1 is 0.500 bits per heavy atom. The number of allylic oxidation sites excluding steroid dienone is 4. The number of carboxylic acids is 1. The molecule has 0 heterocycles. The van der Waals surface area contributed by atoms with Crippen LogP contribution in [0.15, 0.2) is 24.3 Å². The number of carbonyl (C=O) groups excluding carboxylic acids is 1. The standard InChI is InChI=1S/C42H78O4/c1-3-5-6-7-8-9-10-11-16-21-24-27-30-33-36-39-42(45)46-40(4-2)37-34-31-28-25-22-19-17-14-12-13-15-18-20-23-26-29-32-35-38-41(43)44/h8-9,11,16,40H,3-7,10,12-15,17-39H2,1-2H3,(H,43,44)/b9-8-,16-11-. The maximum absolute atomic E-state index is 12.3. The molecule has 0 radical (unpaired) electrons. The van der Waals surface area contributed by atoms with Crippen molar-refractivity contribution in [3.63, 3.8) is 0 Å². The lowest BCUT2D eigenvalue weighted by Crippen LogP contribution is -2.17. The molecule has 0 aromatic heterocycles. The molecule has 0 saturated heterocycles. The summed E-state index contributed by atoms with van der Waals surface area (Å²) in [4.78, 5) is 22.8. The highest BCUT2D eigenvalue weighted by Gasteiger charge is 2.12. The van der Waals surface area contributed by atoms with Crippen molar-refractivity contribution >= 4 is 11.9 Å². The number of esters is 1. The molecule has 1 atom stereocenters. The van der Waals surface area contributed by atoms with E-state index in [0.29, 0.717) is 12.8 Å². The van der Waals surface area contributed by atoms with Gasteiger partial charge >= 0.3 is 11.9 Å². The van der Waals surface area contributed by atoms with Crippen LogP contribution in [-0.4, -0.2) is 23.1 Å². The van der Waals surface area contributed by atoms with Gasteiger partial charge in [-0.3, -0.25) is 9.59 Å². The second kappa shape index (κ2) is 37.9. The predicted molar refractivity (Wildman–Crippen MR) is 200 cm³/mol. The zero-order valence-corrected chi connectivity index (χ0v) is 30.9. The normalized spacial score (nSPS) is 12.4. The summed E-state index contributed by atoms with van der Waals surface area (Å²) in [6.07, 6.45) is 48.7. The number of ether oxygens (including phenoxy) is 1. The molecule has 46 heavy (non-hydrogen) atoms. The first-order valence-corrected chi connectivity index (χ1v) is 20.3. The van der Waals surface area contributed by atoms with Crippen molar-refractivity contribution in [2.75, 3.05) is 0 Å². The SMILES string of the molecule is CCCCC/C=C\C/C=C\CCCCCCCC(=O)OC(CC)CCCCCCCCCCCCCCCCCCCCC(=O)O. The van der Waals surface area contributed by atoms with Crippen molar-refractivity contribution in [3.8, 4) is 0 Å². The molecule has 0 spiro atoms. The predicted octanol–water partition coefficient (Wildman–Crippen LogP) is 14.0.